The average molecular weight is 702 g/mol. The van der Waals surface area contributed by atoms with Crippen LogP contribution in [-0.2, 0) is 39.7 Å². The van der Waals surface area contributed by atoms with E-state index in [4.69, 9.17) is 0 Å². The Morgan fingerprint density at radius 2 is 0.818 bits per heavy atom. The summed E-state index contributed by atoms with van der Waals surface area (Å²) in [6, 6.07) is 29.7. The number of benzene rings is 3. The van der Waals surface area contributed by atoms with Crippen LogP contribution in [0.5, 0.6) is 0 Å². The Kier molecular flexibility index (Phi) is 17.1. The summed E-state index contributed by atoms with van der Waals surface area (Å²) in [5, 5.41) is 4.54. The maximum Gasteiger partial charge on any atom is -1.00 e. The zero-order valence-corrected chi connectivity index (χ0v) is 32.8. The number of aryl methyl sites for hydroxylation is 3. The average Bonchev–Trinajstić information content (AvgIpc) is 3.15. The molecule has 1 atom stereocenters. The molecular weight excluding hydrogens is 651 g/mol. The molecule has 44 heavy (non-hydrogen) atoms. The summed E-state index contributed by atoms with van der Waals surface area (Å²) in [7, 11) is -2.60. The topological polar surface area (TPSA) is 0 Å². The largest absolute Gasteiger partial charge is 1.00 e. The van der Waals surface area contributed by atoms with Gasteiger partial charge in [-0.25, -0.2) is 0 Å². The van der Waals surface area contributed by atoms with E-state index in [9.17, 15) is 0 Å². The summed E-state index contributed by atoms with van der Waals surface area (Å²) in [5.41, 5.74) is 8.92. The van der Waals surface area contributed by atoms with Gasteiger partial charge in [0, 0.05) is 0 Å². The van der Waals surface area contributed by atoms with Gasteiger partial charge in [0.1, 0.15) is 0 Å². The molecule has 1 aliphatic carbocycles. The SMILES string of the molecule is CCCCc1ccc([Si](c2ccc(CCCC)cc2)(c2ccc(CCCC)cc2)C2(C)C(C)=C(C)C(C)=[C]2[Ti+3])cc1.[Cl-].[Cl-].[Cl-]. The number of hydrogen-bond donors (Lipinski definition) is 0. The summed E-state index contributed by atoms with van der Waals surface area (Å²) in [4.78, 5) is 0. The summed E-state index contributed by atoms with van der Waals surface area (Å²) < 4.78 is 1.55. The summed E-state index contributed by atoms with van der Waals surface area (Å²) in [6.45, 7) is 16.6. The second-order valence-electron chi connectivity index (χ2n) is 12.5. The fourth-order valence-electron chi connectivity index (χ4n) is 7.15. The molecule has 0 N–H and O–H groups in total. The molecule has 0 saturated heterocycles. The molecule has 0 fully saturated rings. The van der Waals surface area contributed by atoms with Gasteiger partial charge in [-0.2, -0.15) is 0 Å². The third-order valence-electron chi connectivity index (χ3n) is 10.1. The minimum atomic E-state index is -2.60. The van der Waals surface area contributed by atoms with E-state index in [0.717, 1.165) is 19.3 Å². The maximum absolute atomic E-state index is 2.60. The monoisotopic (exact) mass is 700 g/mol. The van der Waals surface area contributed by atoms with Crippen molar-refractivity contribution < 1.29 is 57.7 Å². The Hall–Kier alpha value is -1.06. The quantitative estimate of drug-likeness (QED) is 0.176. The first-order chi connectivity index (χ1) is 19.7. The van der Waals surface area contributed by atoms with Crippen molar-refractivity contribution in [3.63, 3.8) is 0 Å². The van der Waals surface area contributed by atoms with Crippen molar-refractivity contribution in [3.8, 4) is 0 Å². The van der Waals surface area contributed by atoms with E-state index in [1.807, 2.05) is 0 Å². The molecule has 0 bridgehead atoms. The number of hydrogen-bond acceptors (Lipinski definition) is 0. The minimum Gasteiger partial charge on any atom is -1.00 e. The van der Waals surface area contributed by atoms with Crippen LogP contribution in [0, 0.1) is 0 Å². The Labute approximate surface area is 300 Å². The van der Waals surface area contributed by atoms with E-state index < -0.39 is 8.07 Å². The van der Waals surface area contributed by atoms with Gasteiger partial charge in [0.05, 0.1) is 0 Å². The van der Waals surface area contributed by atoms with Gasteiger partial charge in [-0.15, -0.1) is 0 Å². The van der Waals surface area contributed by atoms with Crippen LogP contribution in [0.25, 0.3) is 0 Å². The fraction of sp³-hybridized carbons (Fsp3) is 0.436. The van der Waals surface area contributed by atoms with E-state index in [0.29, 0.717) is 0 Å². The molecule has 4 rings (SSSR count). The molecule has 1 unspecified atom stereocenters. The van der Waals surface area contributed by atoms with Crippen LogP contribution in [0.1, 0.15) is 104 Å². The summed E-state index contributed by atoms with van der Waals surface area (Å²) >= 11 is 2.43. The van der Waals surface area contributed by atoms with Crippen molar-refractivity contribution in [1.29, 1.82) is 0 Å². The van der Waals surface area contributed by atoms with Crippen LogP contribution in [0.3, 0.4) is 0 Å². The van der Waals surface area contributed by atoms with E-state index >= 15 is 0 Å². The van der Waals surface area contributed by atoms with Crippen LogP contribution in [-0.4, -0.2) is 8.07 Å². The van der Waals surface area contributed by atoms with E-state index in [-0.39, 0.29) is 42.3 Å². The number of unbranched alkanes of at least 4 members (excludes halogenated alkanes) is 3. The van der Waals surface area contributed by atoms with Gasteiger partial charge in [0.25, 0.3) is 0 Å². The zero-order valence-electron chi connectivity index (χ0n) is 27.9. The number of allylic oxidation sites excluding steroid dienone is 4. The van der Waals surface area contributed by atoms with Gasteiger partial charge >= 0.3 is 265 Å². The molecule has 0 heterocycles. The maximum atomic E-state index is 2.59. The Morgan fingerprint density at radius 3 is 1.05 bits per heavy atom. The Morgan fingerprint density at radius 1 is 0.523 bits per heavy atom. The molecule has 236 valence electrons. The molecule has 0 nitrogen and oxygen atoms in total. The van der Waals surface area contributed by atoms with E-state index in [1.54, 1.807) is 9.45 Å². The molecule has 0 spiro atoms. The Bertz CT molecular complexity index is 1220. The first-order valence-electron chi connectivity index (χ1n) is 16.1. The second kappa shape index (κ2) is 18.3. The molecular formula is C39H51Cl3SiTi. The smallest absolute Gasteiger partial charge is 1.00 e. The van der Waals surface area contributed by atoms with Crippen molar-refractivity contribution >= 4 is 23.6 Å². The number of rotatable bonds is 13. The van der Waals surface area contributed by atoms with Gasteiger partial charge in [-0.3, -0.25) is 0 Å². The van der Waals surface area contributed by atoms with Crippen molar-refractivity contribution in [2.24, 2.45) is 0 Å². The van der Waals surface area contributed by atoms with Crippen LogP contribution in [0.4, 0.5) is 0 Å². The van der Waals surface area contributed by atoms with E-state index in [2.05, 4.69) is 142 Å². The molecule has 0 radical (unpaired) electrons. The van der Waals surface area contributed by atoms with Crippen LogP contribution < -0.4 is 52.8 Å². The normalized spacial score (nSPS) is 16.4. The van der Waals surface area contributed by atoms with Crippen LogP contribution in [0.2, 0.25) is 5.04 Å². The second-order valence-corrected chi connectivity index (χ2v) is 17.5. The van der Waals surface area contributed by atoms with E-state index in [1.165, 1.54) is 81.9 Å². The number of halogens is 3. The molecule has 3 aromatic carbocycles. The van der Waals surface area contributed by atoms with Gasteiger partial charge in [0.2, 0.25) is 0 Å². The first-order valence-corrected chi connectivity index (χ1v) is 18.9. The molecule has 3 aromatic rings. The van der Waals surface area contributed by atoms with Crippen LogP contribution >= 0.6 is 0 Å². The van der Waals surface area contributed by atoms with Crippen molar-refractivity contribution in [1.82, 2.24) is 0 Å². The van der Waals surface area contributed by atoms with Crippen molar-refractivity contribution in [2.45, 2.75) is 111 Å². The molecule has 0 aromatic heterocycles. The van der Waals surface area contributed by atoms with Gasteiger partial charge in [-0.05, 0) is 0 Å². The fourth-order valence-corrected chi connectivity index (χ4v) is 14.7. The summed E-state index contributed by atoms with van der Waals surface area (Å²) in [5.74, 6) is 0. The predicted molar refractivity (Wildman–Crippen MR) is 179 cm³/mol. The molecule has 0 amide bonds. The van der Waals surface area contributed by atoms with Gasteiger partial charge in [-0.1, -0.05) is 0 Å². The molecule has 0 saturated carbocycles. The zero-order chi connectivity index (χ0) is 29.6. The summed E-state index contributed by atoms with van der Waals surface area (Å²) in [6.07, 6.45) is 10.9. The van der Waals surface area contributed by atoms with Crippen LogP contribution in [0.15, 0.2) is 93.4 Å². The predicted octanol–water partition coefficient (Wildman–Crippen LogP) is 0.128. The molecule has 0 aliphatic heterocycles. The Balaban J connectivity index is 0.00000323. The molecule has 1 aliphatic rings. The third kappa shape index (κ3) is 7.73. The van der Waals surface area contributed by atoms with Gasteiger partial charge < -0.3 is 37.2 Å². The standard InChI is InChI=1S/C39H51Si.3ClH.Ti/c1-8-11-14-33-17-23-36(24-18-33)40(39(7)29-30(4)31(5)32(39)6,37-25-19-34(20-26-37)15-12-9-2)38-27-21-35(22-28-38)16-13-10-3;;;;/h17-28H,8-16H2,1-7H3;3*1H;/q;;;;+3/p-3. The third-order valence-corrected chi connectivity index (χ3v) is 17.6. The minimum absolute atomic E-state index is 0. The molecule has 5 heteroatoms. The van der Waals surface area contributed by atoms with Crippen molar-refractivity contribution in [3.05, 3.63) is 110 Å². The van der Waals surface area contributed by atoms with Gasteiger partial charge in [0.15, 0.2) is 0 Å². The first kappa shape index (κ1) is 41.0. The van der Waals surface area contributed by atoms with Crippen molar-refractivity contribution in [2.75, 3.05) is 0 Å².